The van der Waals surface area contributed by atoms with E-state index in [1.807, 2.05) is 6.20 Å². The lowest BCUT2D eigenvalue weighted by molar-refractivity contribution is 0.611. The van der Waals surface area contributed by atoms with Crippen molar-refractivity contribution in [2.75, 3.05) is 6.54 Å². The third-order valence-corrected chi connectivity index (χ3v) is 3.79. The van der Waals surface area contributed by atoms with Gasteiger partial charge in [-0.25, -0.2) is 0 Å². The second-order valence-electron chi connectivity index (χ2n) is 5.70. The summed E-state index contributed by atoms with van der Waals surface area (Å²) in [6.07, 6.45) is 4.29. The van der Waals surface area contributed by atoms with Gasteiger partial charge in [-0.3, -0.25) is 4.98 Å². The normalized spacial score (nSPS) is 12.4. The molecule has 0 saturated heterocycles. The molecule has 112 valence electrons. The van der Waals surface area contributed by atoms with Gasteiger partial charge < -0.3 is 5.32 Å². The summed E-state index contributed by atoms with van der Waals surface area (Å²) in [6, 6.07) is 11.3. The van der Waals surface area contributed by atoms with Gasteiger partial charge in [0.1, 0.15) is 0 Å². The highest BCUT2D eigenvalue weighted by atomic mass is 14.9. The van der Waals surface area contributed by atoms with Gasteiger partial charge in [-0.15, -0.1) is 0 Å². The van der Waals surface area contributed by atoms with Gasteiger partial charge in [0.25, 0.3) is 0 Å². The minimum absolute atomic E-state index is 0.172. The van der Waals surface area contributed by atoms with Gasteiger partial charge in [-0.1, -0.05) is 50.6 Å². The molecular weight excluding hydrogens is 256 g/mol. The summed E-state index contributed by atoms with van der Waals surface area (Å²) in [5.41, 5.74) is 6.29. The highest BCUT2D eigenvalue weighted by Crippen LogP contribution is 2.24. The average molecular weight is 282 g/mol. The van der Waals surface area contributed by atoms with E-state index in [0.717, 1.165) is 18.7 Å². The van der Waals surface area contributed by atoms with E-state index in [0.29, 0.717) is 0 Å². The SMILES string of the molecule is CCCc1ccc(C(NCC)c2ncc(C)cc2C)cc1. The van der Waals surface area contributed by atoms with E-state index < -0.39 is 0 Å². The highest BCUT2D eigenvalue weighted by molar-refractivity contribution is 5.35. The number of hydrogen-bond acceptors (Lipinski definition) is 2. The summed E-state index contributed by atoms with van der Waals surface area (Å²) in [5, 5.41) is 3.56. The lowest BCUT2D eigenvalue weighted by Crippen LogP contribution is -2.24. The fourth-order valence-electron chi connectivity index (χ4n) is 2.77. The molecule has 0 radical (unpaired) electrons. The molecule has 0 amide bonds. The summed E-state index contributed by atoms with van der Waals surface area (Å²) in [6.45, 7) is 9.52. The van der Waals surface area contributed by atoms with Crippen LogP contribution in [0, 0.1) is 13.8 Å². The maximum atomic E-state index is 4.67. The molecular formula is C19H26N2. The third-order valence-electron chi connectivity index (χ3n) is 3.79. The van der Waals surface area contributed by atoms with Gasteiger partial charge in [0.05, 0.1) is 11.7 Å². The molecule has 2 rings (SSSR count). The molecule has 1 aromatic heterocycles. The van der Waals surface area contributed by atoms with Crippen LogP contribution in [-0.4, -0.2) is 11.5 Å². The quantitative estimate of drug-likeness (QED) is 0.852. The molecule has 0 fully saturated rings. The maximum absolute atomic E-state index is 4.67. The van der Waals surface area contributed by atoms with Crippen molar-refractivity contribution in [1.82, 2.24) is 10.3 Å². The van der Waals surface area contributed by atoms with Gasteiger partial charge in [0.15, 0.2) is 0 Å². The Morgan fingerprint density at radius 1 is 1.10 bits per heavy atom. The zero-order valence-corrected chi connectivity index (χ0v) is 13.6. The zero-order chi connectivity index (χ0) is 15.2. The first-order chi connectivity index (χ1) is 10.2. The molecule has 0 saturated carbocycles. The van der Waals surface area contributed by atoms with E-state index in [1.165, 1.54) is 28.7 Å². The van der Waals surface area contributed by atoms with Crippen LogP contribution >= 0.6 is 0 Å². The van der Waals surface area contributed by atoms with Gasteiger partial charge >= 0.3 is 0 Å². The second kappa shape index (κ2) is 7.37. The maximum Gasteiger partial charge on any atom is 0.0754 e. The lowest BCUT2D eigenvalue weighted by atomic mass is 9.97. The number of rotatable bonds is 6. The van der Waals surface area contributed by atoms with E-state index >= 15 is 0 Å². The summed E-state index contributed by atoms with van der Waals surface area (Å²) in [5.74, 6) is 0. The number of aromatic nitrogens is 1. The third kappa shape index (κ3) is 3.92. The average Bonchev–Trinajstić information content (AvgIpc) is 2.47. The van der Waals surface area contributed by atoms with Crippen LogP contribution in [0.15, 0.2) is 36.5 Å². The first-order valence-corrected chi connectivity index (χ1v) is 7.91. The molecule has 0 bridgehead atoms. The van der Waals surface area contributed by atoms with Crippen molar-refractivity contribution < 1.29 is 0 Å². The smallest absolute Gasteiger partial charge is 0.0754 e. The highest BCUT2D eigenvalue weighted by Gasteiger charge is 2.16. The van der Waals surface area contributed by atoms with E-state index in [4.69, 9.17) is 0 Å². The Morgan fingerprint density at radius 3 is 2.38 bits per heavy atom. The molecule has 0 aliphatic rings. The van der Waals surface area contributed by atoms with Gasteiger partial charge in [-0.05, 0) is 49.1 Å². The topological polar surface area (TPSA) is 24.9 Å². The summed E-state index contributed by atoms with van der Waals surface area (Å²) in [4.78, 5) is 4.67. The Labute approximate surface area is 128 Å². The Hall–Kier alpha value is -1.67. The first kappa shape index (κ1) is 15.7. The standard InChI is InChI=1S/C19H26N2/c1-5-7-16-8-10-17(11-9-16)19(20-6-2)18-15(4)12-14(3)13-21-18/h8-13,19-20H,5-7H2,1-4H3. The van der Waals surface area contributed by atoms with Crippen LogP contribution in [0.25, 0.3) is 0 Å². The Balaban J connectivity index is 2.33. The largest absolute Gasteiger partial charge is 0.305 e. The minimum atomic E-state index is 0.172. The number of nitrogens with one attached hydrogen (secondary N) is 1. The molecule has 21 heavy (non-hydrogen) atoms. The van der Waals surface area contributed by atoms with Gasteiger partial charge in [0, 0.05) is 6.20 Å². The molecule has 2 heteroatoms. The molecule has 1 aromatic carbocycles. The van der Waals surface area contributed by atoms with Crippen molar-refractivity contribution >= 4 is 0 Å². The number of aryl methyl sites for hydroxylation is 3. The Kier molecular flexibility index (Phi) is 5.51. The second-order valence-corrected chi connectivity index (χ2v) is 5.70. The summed E-state index contributed by atoms with van der Waals surface area (Å²) < 4.78 is 0. The molecule has 1 heterocycles. The Bertz CT molecular complexity index is 573. The number of nitrogens with zero attached hydrogens (tertiary/aromatic N) is 1. The zero-order valence-electron chi connectivity index (χ0n) is 13.6. The molecule has 0 spiro atoms. The van der Waals surface area contributed by atoms with Crippen LogP contribution in [-0.2, 0) is 6.42 Å². The molecule has 2 nitrogen and oxygen atoms in total. The fraction of sp³-hybridized carbons (Fsp3) is 0.421. The van der Waals surface area contributed by atoms with Crippen molar-refractivity contribution in [3.05, 3.63) is 64.5 Å². The van der Waals surface area contributed by atoms with Crippen LogP contribution in [0.3, 0.4) is 0 Å². The van der Waals surface area contributed by atoms with Crippen LogP contribution in [0.5, 0.6) is 0 Å². The van der Waals surface area contributed by atoms with Gasteiger partial charge in [-0.2, -0.15) is 0 Å². The first-order valence-electron chi connectivity index (χ1n) is 7.91. The molecule has 2 aromatic rings. The van der Waals surface area contributed by atoms with E-state index in [2.05, 4.69) is 68.3 Å². The predicted molar refractivity (Wildman–Crippen MR) is 89.7 cm³/mol. The number of benzene rings is 1. The van der Waals surface area contributed by atoms with Crippen molar-refractivity contribution in [3.8, 4) is 0 Å². The minimum Gasteiger partial charge on any atom is -0.305 e. The monoisotopic (exact) mass is 282 g/mol. The molecule has 1 N–H and O–H groups in total. The van der Waals surface area contributed by atoms with Crippen molar-refractivity contribution in [3.63, 3.8) is 0 Å². The predicted octanol–water partition coefficient (Wildman–Crippen LogP) is 4.35. The number of pyridine rings is 1. The summed E-state index contributed by atoms with van der Waals surface area (Å²) >= 11 is 0. The Morgan fingerprint density at radius 2 is 1.81 bits per heavy atom. The lowest BCUT2D eigenvalue weighted by Gasteiger charge is -2.20. The van der Waals surface area contributed by atoms with Crippen LogP contribution in [0.2, 0.25) is 0 Å². The van der Waals surface area contributed by atoms with E-state index in [9.17, 15) is 0 Å². The van der Waals surface area contributed by atoms with Crippen molar-refractivity contribution in [2.45, 2.75) is 46.6 Å². The molecule has 1 unspecified atom stereocenters. The molecule has 0 aliphatic carbocycles. The molecule has 1 atom stereocenters. The van der Waals surface area contributed by atoms with Gasteiger partial charge in [0.2, 0.25) is 0 Å². The number of hydrogen-bond donors (Lipinski definition) is 1. The molecule has 0 aliphatic heterocycles. The van der Waals surface area contributed by atoms with E-state index in [1.54, 1.807) is 0 Å². The van der Waals surface area contributed by atoms with Crippen molar-refractivity contribution in [1.29, 1.82) is 0 Å². The van der Waals surface area contributed by atoms with Crippen LogP contribution in [0.4, 0.5) is 0 Å². The summed E-state index contributed by atoms with van der Waals surface area (Å²) in [7, 11) is 0. The van der Waals surface area contributed by atoms with Crippen LogP contribution in [0.1, 0.15) is 54.3 Å². The van der Waals surface area contributed by atoms with Crippen LogP contribution < -0.4 is 5.32 Å². The van der Waals surface area contributed by atoms with Crippen molar-refractivity contribution in [2.24, 2.45) is 0 Å². The fourth-order valence-corrected chi connectivity index (χ4v) is 2.77. The van der Waals surface area contributed by atoms with E-state index in [-0.39, 0.29) is 6.04 Å².